The standard InChI is InChI=1S/C18H27N3O/c1-14-7-10-19-17(13-14)18(22)20-15-8-11-21(12-9-15)16-5-3-2-4-6-16/h2-6,14-15,17,19H,7-13H2,1H3,(H,20,22). The van der Waals surface area contributed by atoms with Gasteiger partial charge < -0.3 is 15.5 Å². The highest BCUT2D eigenvalue weighted by molar-refractivity contribution is 5.82. The second-order valence-electron chi connectivity index (χ2n) is 6.74. The zero-order valence-electron chi connectivity index (χ0n) is 13.4. The fourth-order valence-electron chi connectivity index (χ4n) is 3.53. The van der Waals surface area contributed by atoms with Crippen molar-refractivity contribution in [2.75, 3.05) is 24.5 Å². The fraction of sp³-hybridized carbons (Fsp3) is 0.611. The smallest absolute Gasteiger partial charge is 0.237 e. The number of nitrogens with zero attached hydrogens (tertiary/aromatic N) is 1. The maximum absolute atomic E-state index is 12.4. The lowest BCUT2D eigenvalue weighted by molar-refractivity contribution is -0.124. The summed E-state index contributed by atoms with van der Waals surface area (Å²) in [6.45, 7) is 5.23. The van der Waals surface area contributed by atoms with Gasteiger partial charge in [0, 0.05) is 24.8 Å². The number of nitrogens with one attached hydrogen (secondary N) is 2. The van der Waals surface area contributed by atoms with E-state index >= 15 is 0 Å². The Balaban J connectivity index is 1.46. The fourth-order valence-corrected chi connectivity index (χ4v) is 3.53. The molecule has 3 rings (SSSR count). The Bertz CT molecular complexity index is 482. The Morgan fingerprint density at radius 1 is 1.18 bits per heavy atom. The van der Waals surface area contributed by atoms with Crippen LogP contribution in [0, 0.1) is 5.92 Å². The third kappa shape index (κ3) is 3.80. The van der Waals surface area contributed by atoms with Crippen LogP contribution >= 0.6 is 0 Å². The second kappa shape index (κ2) is 7.14. The summed E-state index contributed by atoms with van der Waals surface area (Å²) >= 11 is 0. The number of hydrogen-bond acceptors (Lipinski definition) is 3. The van der Waals surface area contributed by atoms with Gasteiger partial charge in [0.1, 0.15) is 0 Å². The summed E-state index contributed by atoms with van der Waals surface area (Å²) < 4.78 is 0. The normalized spacial score (nSPS) is 26.7. The minimum atomic E-state index is 0.0101. The SMILES string of the molecule is CC1CCNC(C(=O)NC2CCN(c3ccccc3)CC2)C1. The molecule has 0 bridgehead atoms. The summed E-state index contributed by atoms with van der Waals surface area (Å²) in [6, 6.07) is 10.9. The van der Waals surface area contributed by atoms with Crippen LogP contribution in [0.15, 0.2) is 30.3 Å². The number of hydrogen-bond donors (Lipinski definition) is 2. The van der Waals surface area contributed by atoms with E-state index in [1.807, 2.05) is 0 Å². The summed E-state index contributed by atoms with van der Waals surface area (Å²) in [5.41, 5.74) is 1.29. The van der Waals surface area contributed by atoms with Crippen molar-refractivity contribution < 1.29 is 4.79 Å². The van der Waals surface area contributed by atoms with Crippen molar-refractivity contribution >= 4 is 11.6 Å². The van der Waals surface area contributed by atoms with Gasteiger partial charge in [-0.25, -0.2) is 0 Å². The molecule has 1 amide bonds. The Labute approximate surface area is 133 Å². The zero-order chi connectivity index (χ0) is 15.4. The van der Waals surface area contributed by atoms with Crippen LogP contribution in [0.4, 0.5) is 5.69 Å². The van der Waals surface area contributed by atoms with Crippen LogP contribution in [0.3, 0.4) is 0 Å². The molecule has 1 aromatic carbocycles. The summed E-state index contributed by atoms with van der Waals surface area (Å²) in [7, 11) is 0. The topological polar surface area (TPSA) is 44.4 Å². The Kier molecular flexibility index (Phi) is 4.98. The van der Waals surface area contributed by atoms with E-state index in [4.69, 9.17) is 0 Å². The molecule has 2 unspecified atom stereocenters. The van der Waals surface area contributed by atoms with Gasteiger partial charge in [-0.2, -0.15) is 0 Å². The van der Waals surface area contributed by atoms with E-state index in [9.17, 15) is 4.79 Å². The van der Waals surface area contributed by atoms with E-state index in [0.29, 0.717) is 12.0 Å². The third-order valence-corrected chi connectivity index (χ3v) is 4.95. The summed E-state index contributed by atoms with van der Waals surface area (Å²) in [5.74, 6) is 0.849. The number of piperidine rings is 2. The van der Waals surface area contributed by atoms with Gasteiger partial charge in [0.2, 0.25) is 5.91 Å². The van der Waals surface area contributed by atoms with Crippen molar-refractivity contribution in [2.24, 2.45) is 5.92 Å². The first kappa shape index (κ1) is 15.3. The van der Waals surface area contributed by atoms with Crippen LogP contribution in [0.2, 0.25) is 0 Å². The number of rotatable bonds is 3. The van der Waals surface area contributed by atoms with E-state index in [1.165, 1.54) is 12.1 Å². The van der Waals surface area contributed by atoms with Gasteiger partial charge in [0.25, 0.3) is 0 Å². The first-order chi connectivity index (χ1) is 10.7. The Morgan fingerprint density at radius 3 is 2.59 bits per heavy atom. The lowest BCUT2D eigenvalue weighted by atomic mass is 9.93. The van der Waals surface area contributed by atoms with Crippen molar-refractivity contribution in [1.82, 2.24) is 10.6 Å². The lowest BCUT2D eigenvalue weighted by Gasteiger charge is -2.35. The average molecular weight is 301 g/mol. The molecule has 0 aromatic heterocycles. The molecule has 4 heteroatoms. The largest absolute Gasteiger partial charge is 0.371 e. The maximum atomic E-state index is 12.4. The molecule has 2 saturated heterocycles. The van der Waals surface area contributed by atoms with E-state index in [1.54, 1.807) is 0 Å². The van der Waals surface area contributed by atoms with Gasteiger partial charge in [0.05, 0.1) is 6.04 Å². The Morgan fingerprint density at radius 2 is 1.91 bits per heavy atom. The van der Waals surface area contributed by atoms with Crippen LogP contribution in [-0.4, -0.2) is 37.6 Å². The van der Waals surface area contributed by atoms with Crippen molar-refractivity contribution in [3.8, 4) is 0 Å². The molecule has 0 spiro atoms. The quantitative estimate of drug-likeness (QED) is 0.899. The van der Waals surface area contributed by atoms with Crippen molar-refractivity contribution in [2.45, 2.75) is 44.7 Å². The van der Waals surface area contributed by atoms with E-state index in [0.717, 1.165) is 38.9 Å². The van der Waals surface area contributed by atoms with Gasteiger partial charge >= 0.3 is 0 Å². The minimum Gasteiger partial charge on any atom is -0.371 e. The lowest BCUT2D eigenvalue weighted by Crippen LogP contribution is -2.53. The number of carbonyl (C=O) groups excluding carboxylic acids is 1. The van der Waals surface area contributed by atoms with Gasteiger partial charge in [-0.15, -0.1) is 0 Å². The van der Waals surface area contributed by atoms with Crippen LogP contribution in [0.1, 0.15) is 32.6 Å². The van der Waals surface area contributed by atoms with Crippen molar-refractivity contribution in [3.05, 3.63) is 30.3 Å². The van der Waals surface area contributed by atoms with Crippen LogP contribution in [-0.2, 0) is 4.79 Å². The van der Waals surface area contributed by atoms with Gasteiger partial charge in [0.15, 0.2) is 0 Å². The highest BCUT2D eigenvalue weighted by atomic mass is 16.2. The van der Waals surface area contributed by atoms with Gasteiger partial charge in [-0.3, -0.25) is 4.79 Å². The van der Waals surface area contributed by atoms with E-state index in [2.05, 4.69) is 52.8 Å². The van der Waals surface area contributed by atoms with Crippen molar-refractivity contribution in [3.63, 3.8) is 0 Å². The molecule has 2 fully saturated rings. The minimum absolute atomic E-state index is 0.0101. The summed E-state index contributed by atoms with van der Waals surface area (Å²) in [6.07, 6.45) is 4.21. The molecule has 2 atom stereocenters. The summed E-state index contributed by atoms with van der Waals surface area (Å²) in [5, 5.41) is 6.60. The third-order valence-electron chi connectivity index (χ3n) is 4.95. The molecule has 2 aliphatic rings. The first-order valence-corrected chi connectivity index (χ1v) is 8.56. The molecule has 2 heterocycles. The molecular weight excluding hydrogens is 274 g/mol. The van der Waals surface area contributed by atoms with Crippen LogP contribution in [0.25, 0.3) is 0 Å². The number of carbonyl (C=O) groups is 1. The molecule has 120 valence electrons. The molecule has 0 radical (unpaired) electrons. The zero-order valence-corrected chi connectivity index (χ0v) is 13.4. The summed E-state index contributed by atoms with van der Waals surface area (Å²) in [4.78, 5) is 14.8. The number of amides is 1. The molecule has 1 aromatic rings. The molecule has 2 aliphatic heterocycles. The monoisotopic (exact) mass is 301 g/mol. The predicted octanol–water partition coefficient (Wildman–Crippen LogP) is 2.16. The molecule has 2 N–H and O–H groups in total. The first-order valence-electron chi connectivity index (χ1n) is 8.56. The van der Waals surface area contributed by atoms with Crippen molar-refractivity contribution in [1.29, 1.82) is 0 Å². The van der Waals surface area contributed by atoms with Crippen LogP contribution < -0.4 is 15.5 Å². The highest BCUT2D eigenvalue weighted by Crippen LogP contribution is 2.20. The number of para-hydroxylation sites is 1. The molecule has 4 nitrogen and oxygen atoms in total. The number of benzene rings is 1. The van der Waals surface area contributed by atoms with Gasteiger partial charge in [-0.05, 0) is 50.3 Å². The maximum Gasteiger partial charge on any atom is 0.237 e. The molecule has 0 saturated carbocycles. The van der Waals surface area contributed by atoms with E-state index < -0.39 is 0 Å². The van der Waals surface area contributed by atoms with Crippen LogP contribution in [0.5, 0.6) is 0 Å². The predicted molar refractivity (Wildman–Crippen MR) is 90.0 cm³/mol. The van der Waals surface area contributed by atoms with E-state index in [-0.39, 0.29) is 11.9 Å². The second-order valence-corrected chi connectivity index (χ2v) is 6.74. The average Bonchev–Trinajstić information content (AvgIpc) is 2.56. The Hall–Kier alpha value is -1.55. The molecular formula is C18H27N3O. The highest BCUT2D eigenvalue weighted by Gasteiger charge is 2.27. The number of anilines is 1. The molecule has 0 aliphatic carbocycles. The molecule has 22 heavy (non-hydrogen) atoms. The van der Waals surface area contributed by atoms with Gasteiger partial charge in [-0.1, -0.05) is 25.1 Å².